The maximum atomic E-state index is 5.53. The molecule has 4 heteroatoms. The predicted octanol–water partition coefficient (Wildman–Crippen LogP) is 2.20. The number of nitrogens with one attached hydrogen (secondary N) is 1. The molecule has 2 heterocycles. The van der Waals surface area contributed by atoms with Crippen molar-refractivity contribution in [2.45, 2.75) is 32.4 Å². The van der Waals surface area contributed by atoms with Gasteiger partial charge in [-0.2, -0.15) is 0 Å². The number of ether oxygens (including phenoxy) is 2. The molecule has 4 nitrogen and oxygen atoms in total. The fraction of sp³-hybridized carbons (Fsp3) is 0.714. The molecule has 0 bridgehead atoms. The van der Waals surface area contributed by atoms with Gasteiger partial charge in [0, 0.05) is 19.3 Å². The van der Waals surface area contributed by atoms with E-state index in [-0.39, 0.29) is 0 Å². The molecule has 18 heavy (non-hydrogen) atoms. The van der Waals surface area contributed by atoms with Crippen LogP contribution in [0.5, 0.6) is 0 Å². The Kier molecular flexibility index (Phi) is 5.71. The van der Waals surface area contributed by atoms with E-state index < -0.39 is 0 Å². The molecular formula is C14H23NO3. The molecule has 2 unspecified atom stereocenters. The van der Waals surface area contributed by atoms with Crippen LogP contribution in [0.4, 0.5) is 0 Å². The summed E-state index contributed by atoms with van der Waals surface area (Å²) in [4.78, 5) is 0. The van der Waals surface area contributed by atoms with Gasteiger partial charge in [0.25, 0.3) is 0 Å². The van der Waals surface area contributed by atoms with Gasteiger partial charge in [0.2, 0.25) is 0 Å². The van der Waals surface area contributed by atoms with E-state index in [2.05, 4.69) is 12.2 Å². The standard InChI is InChI=1S/C14H23NO3/c1-12(13-5-9-17-10-13)15-6-3-7-16-11-14-4-2-8-18-14/h2,4,8,12-13,15H,3,5-7,9-11H2,1H3. The third-order valence-corrected chi connectivity index (χ3v) is 3.43. The average Bonchev–Trinajstić information content (AvgIpc) is 3.05. The normalized spacial score (nSPS) is 21.3. The van der Waals surface area contributed by atoms with Crippen molar-refractivity contribution < 1.29 is 13.9 Å². The van der Waals surface area contributed by atoms with Crippen LogP contribution >= 0.6 is 0 Å². The molecule has 1 aliphatic heterocycles. The fourth-order valence-corrected chi connectivity index (χ4v) is 2.19. The van der Waals surface area contributed by atoms with Crippen LogP contribution in [0.25, 0.3) is 0 Å². The van der Waals surface area contributed by atoms with Gasteiger partial charge in [-0.15, -0.1) is 0 Å². The van der Waals surface area contributed by atoms with Gasteiger partial charge in [-0.25, -0.2) is 0 Å². The van der Waals surface area contributed by atoms with E-state index in [1.807, 2.05) is 12.1 Å². The smallest absolute Gasteiger partial charge is 0.129 e. The third kappa shape index (κ3) is 4.44. The Bertz CT molecular complexity index is 307. The zero-order chi connectivity index (χ0) is 12.6. The van der Waals surface area contributed by atoms with E-state index in [1.54, 1.807) is 6.26 Å². The van der Waals surface area contributed by atoms with E-state index >= 15 is 0 Å². The number of rotatable bonds is 8. The molecule has 0 aromatic carbocycles. The van der Waals surface area contributed by atoms with Crippen LogP contribution in [-0.2, 0) is 16.1 Å². The van der Waals surface area contributed by atoms with E-state index in [1.165, 1.54) is 6.42 Å². The summed E-state index contributed by atoms with van der Waals surface area (Å²) >= 11 is 0. The molecule has 1 aromatic rings. The molecule has 0 amide bonds. The second kappa shape index (κ2) is 7.56. The molecule has 1 fully saturated rings. The first kappa shape index (κ1) is 13.6. The van der Waals surface area contributed by atoms with Crippen molar-refractivity contribution in [3.05, 3.63) is 24.2 Å². The molecule has 1 N–H and O–H groups in total. The monoisotopic (exact) mass is 253 g/mol. The number of furan rings is 1. The second-order valence-corrected chi connectivity index (χ2v) is 4.85. The minimum absolute atomic E-state index is 0.539. The summed E-state index contributed by atoms with van der Waals surface area (Å²) in [6.07, 6.45) is 3.88. The van der Waals surface area contributed by atoms with Crippen molar-refractivity contribution >= 4 is 0 Å². The first-order valence-electron chi connectivity index (χ1n) is 6.77. The number of hydrogen-bond donors (Lipinski definition) is 1. The third-order valence-electron chi connectivity index (χ3n) is 3.43. The molecule has 2 rings (SSSR count). The quantitative estimate of drug-likeness (QED) is 0.721. The van der Waals surface area contributed by atoms with Gasteiger partial charge >= 0.3 is 0 Å². The highest BCUT2D eigenvalue weighted by molar-refractivity contribution is 4.95. The van der Waals surface area contributed by atoms with E-state index in [0.717, 1.165) is 38.5 Å². The number of hydrogen-bond acceptors (Lipinski definition) is 4. The SMILES string of the molecule is CC(NCCCOCc1ccco1)C1CCOC1. The lowest BCUT2D eigenvalue weighted by Crippen LogP contribution is -2.34. The topological polar surface area (TPSA) is 43.6 Å². The van der Waals surface area contributed by atoms with Crippen LogP contribution in [0, 0.1) is 5.92 Å². The van der Waals surface area contributed by atoms with Crippen molar-refractivity contribution in [3.63, 3.8) is 0 Å². The Labute approximate surface area is 109 Å². The summed E-state index contributed by atoms with van der Waals surface area (Å²) in [5, 5.41) is 3.53. The molecule has 0 saturated carbocycles. The van der Waals surface area contributed by atoms with Crippen LogP contribution in [-0.4, -0.2) is 32.4 Å². The van der Waals surface area contributed by atoms with Crippen LogP contribution in [0.15, 0.2) is 22.8 Å². The fourth-order valence-electron chi connectivity index (χ4n) is 2.19. The Morgan fingerprint density at radius 2 is 2.50 bits per heavy atom. The van der Waals surface area contributed by atoms with Crippen LogP contribution < -0.4 is 5.32 Å². The van der Waals surface area contributed by atoms with Gasteiger partial charge in [0.1, 0.15) is 12.4 Å². The molecule has 0 aliphatic carbocycles. The molecule has 2 atom stereocenters. The molecule has 1 aromatic heterocycles. The summed E-state index contributed by atoms with van der Waals surface area (Å²) in [7, 11) is 0. The van der Waals surface area contributed by atoms with Gasteiger partial charge in [-0.3, -0.25) is 0 Å². The minimum atomic E-state index is 0.539. The molecule has 1 saturated heterocycles. The first-order valence-corrected chi connectivity index (χ1v) is 6.77. The van der Waals surface area contributed by atoms with Crippen LogP contribution in [0.2, 0.25) is 0 Å². The highest BCUT2D eigenvalue weighted by Gasteiger charge is 2.21. The van der Waals surface area contributed by atoms with Crippen molar-refractivity contribution in [2.24, 2.45) is 5.92 Å². The van der Waals surface area contributed by atoms with Crippen LogP contribution in [0.3, 0.4) is 0 Å². The van der Waals surface area contributed by atoms with Crippen LogP contribution in [0.1, 0.15) is 25.5 Å². The van der Waals surface area contributed by atoms with Gasteiger partial charge in [0.05, 0.1) is 12.9 Å². The molecule has 0 spiro atoms. The lowest BCUT2D eigenvalue weighted by molar-refractivity contribution is 0.103. The zero-order valence-electron chi connectivity index (χ0n) is 11.1. The van der Waals surface area contributed by atoms with E-state index in [0.29, 0.717) is 18.6 Å². The summed E-state index contributed by atoms with van der Waals surface area (Å²) < 4.78 is 16.1. The van der Waals surface area contributed by atoms with Crippen molar-refractivity contribution in [1.29, 1.82) is 0 Å². The summed E-state index contributed by atoms with van der Waals surface area (Å²) in [5.74, 6) is 1.56. The summed E-state index contributed by atoms with van der Waals surface area (Å²) in [5.41, 5.74) is 0. The molecule has 102 valence electrons. The first-order chi connectivity index (χ1) is 8.86. The maximum absolute atomic E-state index is 5.53. The molecular weight excluding hydrogens is 230 g/mol. The Balaban J connectivity index is 1.45. The lowest BCUT2D eigenvalue weighted by Gasteiger charge is -2.19. The Morgan fingerprint density at radius 3 is 3.22 bits per heavy atom. The lowest BCUT2D eigenvalue weighted by atomic mass is 10.0. The molecule has 0 radical (unpaired) electrons. The summed E-state index contributed by atoms with van der Waals surface area (Å²) in [6.45, 7) is 6.39. The van der Waals surface area contributed by atoms with Gasteiger partial charge in [0.15, 0.2) is 0 Å². The zero-order valence-corrected chi connectivity index (χ0v) is 11.1. The van der Waals surface area contributed by atoms with E-state index in [9.17, 15) is 0 Å². The second-order valence-electron chi connectivity index (χ2n) is 4.85. The maximum Gasteiger partial charge on any atom is 0.129 e. The predicted molar refractivity (Wildman–Crippen MR) is 69.4 cm³/mol. The van der Waals surface area contributed by atoms with Crippen molar-refractivity contribution in [2.75, 3.05) is 26.4 Å². The highest BCUT2D eigenvalue weighted by Crippen LogP contribution is 2.16. The van der Waals surface area contributed by atoms with Crippen molar-refractivity contribution in [1.82, 2.24) is 5.32 Å². The van der Waals surface area contributed by atoms with Gasteiger partial charge in [-0.1, -0.05) is 0 Å². The minimum Gasteiger partial charge on any atom is -0.467 e. The Hall–Kier alpha value is -0.840. The van der Waals surface area contributed by atoms with Gasteiger partial charge < -0.3 is 19.2 Å². The average molecular weight is 253 g/mol. The van der Waals surface area contributed by atoms with Crippen molar-refractivity contribution in [3.8, 4) is 0 Å². The molecule has 1 aliphatic rings. The van der Waals surface area contributed by atoms with Gasteiger partial charge in [-0.05, 0) is 44.4 Å². The van der Waals surface area contributed by atoms with E-state index in [4.69, 9.17) is 13.9 Å². The Morgan fingerprint density at radius 1 is 1.56 bits per heavy atom. The summed E-state index contributed by atoms with van der Waals surface area (Å²) in [6, 6.07) is 4.35. The largest absolute Gasteiger partial charge is 0.467 e. The highest BCUT2D eigenvalue weighted by atomic mass is 16.5.